The molecule has 1 saturated heterocycles. The Morgan fingerprint density at radius 3 is 2.52 bits per heavy atom. The van der Waals surface area contributed by atoms with Crippen molar-refractivity contribution in [3.05, 3.63) is 65.4 Å². The SMILES string of the molecule is CCCCC(=O)N(Cc1ccc(-c2ccccc2SNc2onc(C)c2C)cc1)C(C(=O)NCC1CCCO1)C(C)C. The van der Waals surface area contributed by atoms with Crippen LogP contribution in [0.5, 0.6) is 0 Å². The molecule has 0 bridgehead atoms. The molecule has 2 amide bonds. The van der Waals surface area contributed by atoms with Gasteiger partial charge in [0.05, 0.1) is 11.8 Å². The zero-order valence-electron chi connectivity index (χ0n) is 25.4. The van der Waals surface area contributed by atoms with Gasteiger partial charge in [-0.3, -0.25) is 14.3 Å². The van der Waals surface area contributed by atoms with Crippen molar-refractivity contribution in [2.24, 2.45) is 5.92 Å². The van der Waals surface area contributed by atoms with E-state index < -0.39 is 6.04 Å². The molecule has 42 heavy (non-hydrogen) atoms. The Labute approximate surface area is 254 Å². The second kappa shape index (κ2) is 15.3. The highest BCUT2D eigenvalue weighted by Crippen LogP contribution is 2.33. The highest BCUT2D eigenvalue weighted by molar-refractivity contribution is 8.00. The third-order valence-corrected chi connectivity index (χ3v) is 8.61. The summed E-state index contributed by atoms with van der Waals surface area (Å²) >= 11 is 1.48. The Morgan fingerprint density at radius 2 is 1.88 bits per heavy atom. The van der Waals surface area contributed by atoms with Crippen LogP contribution in [0, 0.1) is 19.8 Å². The van der Waals surface area contributed by atoms with E-state index in [-0.39, 0.29) is 23.8 Å². The summed E-state index contributed by atoms with van der Waals surface area (Å²) in [6.07, 6.45) is 4.18. The van der Waals surface area contributed by atoms with Crippen molar-refractivity contribution in [1.29, 1.82) is 0 Å². The van der Waals surface area contributed by atoms with Crippen LogP contribution >= 0.6 is 11.9 Å². The summed E-state index contributed by atoms with van der Waals surface area (Å²) in [7, 11) is 0. The number of unbranched alkanes of at least 4 members (excludes halogenated alkanes) is 1. The van der Waals surface area contributed by atoms with E-state index in [1.807, 2.05) is 39.8 Å². The van der Waals surface area contributed by atoms with Crippen molar-refractivity contribution in [2.75, 3.05) is 17.9 Å². The fraction of sp³-hybridized carbons (Fsp3) is 0.485. The van der Waals surface area contributed by atoms with E-state index >= 15 is 0 Å². The molecule has 9 heteroatoms. The number of carbonyl (C=O) groups excluding carboxylic acids is 2. The third kappa shape index (κ3) is 8.16. The van der Waals surface area contributed by atoms with Gasteiger partial charge in [-0.2, -0.15) is 0 Å². The normalized spacial score (nSPS) is 15.5. The summed E-state index contributed by atoms with van der Waals surface area (Å²) < 4.78 is 14.4. The van der Waals surface area contributed by atoms with Gasteiger partial charge in [0.2, 0.25) is 17.7 Å². The fourth-order valence-electron chi connectivity index (χ4n) is 5.13. The molecule has 2 N–H and O–H groups in total. The maximum Gasteiger partial charge on any atom is 0.243 e. The molecule has 0 saturated carbocycles. The van der Waals surface area contributed by atoms with Gasteiger partial charge in [-0.05, 0) is 73.7 Å². The zero-order valence-corrected chi connectivity index (χ0v) is 26.3. The van der Waals surface area contributed by atoms with E-state index in [0.29, 0.717) is 25.4 Å². The summed E-state index contributed by atoms with van der Waals surface area (Å²) in [4.78, 5) is 29.7. The van der Waals surface area contributed by atoms with Crippen LogP contribution in [0.4, 0.5) is 5.88 Å². The van der Waals surface area contributed by atoms with E-state index in [9.17, 15) is 9.59 Å². The molecule has 0 radical (unpaired) electrons. The van der Waals surface area contributed by atoms with Crippen molar-refractivity contribution in [1.82, 2.24) is 15.4 Å². The van der Waals surface area contributed by atoms with Crippen molar-refractivity contribution >= 4 is 29.6 Å². The lowest BCUT2D eigenvalue weighted by molar-refractivity contribution is -0.143. The molecule has 2 aromatic carbocycles. The minimum atomic E-state index is -0.554. The van der Waals surface area contributed by atoms with Crippen LogP contribution in [-0.4, -0.2) is 47.2 Å². The number of nitrogens with zero attached hydrogens (tertiary/aromatic N) is 2. The van der Waals surface area contributed by atoms with Crippen LogP contribution in [0.2, 0.25) is 0 Å². The standard InChI is InChI=1S/C33H44N4O4S/c1-6-7-14-30(38)37(31(22(2)3)32(39)34-20-27-11-10-19-40-27)21-25-15-17-26(18-16-25)28-12-8-9-13-29(28)42-36-33-23(4)24(5)35-41-33/h8-9,12-13,15-18,22,27,31,36H,6-7,10-11,14,19-21H2,1-5H3,(H,34,39). The Bertz CT molecular complexity index is 1320. The lowest BCUT2D eigenvalue weighted by atomic mass is 9.98. The average Bonchev–Trinajstić information content (AvgIpc) is 3.63. The molecule has 1 aliphatic rings. The molecule has 1 aromatic heterocycles. The molecule has 3 aromatic rings. The largest absolute Gasteiger partial charge is 0.376 e. The van der Waals surface area contributed by atoms with Gasteiger partial charge >= 0.3 is 0 Å². The van der Waals surface area contributed by atoms with E-state index in [0.717, 1.165) is 65.1 Å². The monoisotopic (exact) mass is 592 g/mol. The predicted octanol–water partition coefficient (Wildman–Crippen LogP) is 6.92. The number of hydrogen-bond acceptors (Lipinski definition) is 7. The molecular weight excluding hydrogens is 548 g/mol. The molecule has 0 aliphatic carbocycles. The molecule has 2 atom stereocenters. The fourth-order valence-corrected chi connectivity index (χ4v) is 5.97. The van der Waals surface area contributed by atoms with Gasteiger partial charge in [-0.25, -0.2) is 0 Å². The van der Waals surface area contributed by atoms with Gasteiger partial charge < -0.3 is 19.5 Å². The van der Waals surface area contributed by atoms with Gasteiger partial charge in [-0.1, -0.05) is 74.8 Å². The molecule has 8 nitrogen and oxygen atoms in total. The van der Waals surface area contributed by atoms with Gasteiger partial charge in [0.15, 0.2) is 0 Å². The smallest absolute Gasteiger partial charge is 0.243 e. The molecule has 1 fully saturated rings. The van der Waals surface area contributed by atoms with Gasteiger partial charge in [0.1, 0.15) is 6.04 Å². The number of rotatable bonds is 14. The van der Waals surface area contributed by atoms with Crippen LogP contribution in [0.1, 0.15) is 69.7 Å². The number of nitrogens with one attached hydrogen (secondary N) is 2. The molecule has 0 spiro atoms. The number of anilines is 1. The highest BCUT2D eigenvalue weighted by Gasteiger charge is 2.33. The molecular formula is C33H44N4O4S. The summed E-state index contributed by atoms with van der Waals surface area (Å²) in [6, 6.07) is 15.9. The first-order chi connectivity index (χ1) is 20.3. The van der Waals surface area contributed by atoms with E-state index in [1.165, 1.54) is 11.9 Å². The summed E-state index contributed by atoms with van der Waals surface area (Å²) in [5.74, 6) is 0.512. The molecule has 2 unspecified atom stereocenters. The van der Waals surface area contributed by atoms with Crippen LogP contribution in [0.3, 0.4) is 0 Å². The highest BCUT2D eigenvalue weighted by atomic mass is 32.2. The van der Waals surface area contributed by atoms with E-state index in [1.54, 1.807) is 4.90 Å². The Kier molecular flexibility index (Phi) is 11.5. The number of ether oxygens (including phenoxy) is 1. The minimum Gasteiger partial charge on any atom is -0.376 e. The maximum atomic E-state index is 13.5. The first kappa shape index (κ1) is 31.6. The van der Waals surface area contributed by atoms with Crippen molar-refractivity contribution in [2.45, 2.75) is 90.3 Å². The summed E-state index contributed by atoms with van der Waals surface area (Å²) in [5.41, 5.74) is 4.98. The van der Waals surface area contributed by atoms with Gasteiger partial charge in [0, 0.05) is 36.6 Å². The Balaban J connectivity index is 1.50. The lowest BCUT2D eigenvalue weighted by Crippen LogP contribution is -2.52. The topological polar surface area (TPSA) is 96.7 Å². The number of aryl methyl sites for hydroxylation is 1. The lowest BCUT2D eigenvalue weighted by Gasteiger charge is -2.34. The number of benzene rings is 2. The van der Waals surface area contributed by atoms with Gasteiger partial charge in [-0.15, -0.1) is 0 Å². The zero-order chi connectivity index (χ0) is 30.1. The quantitative estimate of drug-likeness (QED) is 0.196. The molecule has 226 valence electrons. The van der Waals surface area contributed by atoms with Crippen LogP contribution in [-0.2, 0) is 20.9 Å². The first-order valence-corrected chi connectivity index (χ1v) is 15.8. The Morgan fingerprint density at radius 1 is 1.12 bits per heavy atom. The number of amides is 2. The van der Waals surface area contributed by atoms with E-state index in [4.69, 9.17) is 9.26 Å². The van der Waals surface area contributed by atoms with Crippen LogP contribution in [0.25, 0.3) is 11.1 Å². The van der Waals surface area contributed by atoms with Crippen LogP contribution in [0.15, 0.2) is 57.9 Å². The second-order valence-electron chi connectivity index (χ2n) is 11.3. The van der Waals surface area contributed by atoms with Gasteiger partial charge in [0.25, 0.3) is 0 Å². The van der Waals surface area contributed by atoms with Crippen molar-refractivity contribution in [3.63, 3.8) is 0 Å². The summed E-state index contributed by atoms with van der Waals surface area (Å²) in [5, 5.41) is 7.10. The maximum absolute atomic E-state index is 13.5. The predicted molar refractivity (Wildman–Crippen MR) is 168 cm³/mol. The second-order valence-corrected chi connectivity index (χ2v) is 12.2. The number of aromatic nitrogens is 1. The minimum absolute atomic E-state index is 0.0117. The number of carbonyl (C=O) groups is 2. The third-order valence-electron chi connectivity index (χ3n) is 7.74. The van der Waals surface area contributed by atoms with Crippen molar-refractivity contribution in [3.8, 4) is 11.1 Å². The van der Waals surface area contributed by atoms with Crippen LogP contribution < -0.4 is 10.0 Å². The number of hydrogen-bond donors (Lipinski definition) is 2. The molecule has 4 rings (SSSR count). The first-order valence-electron chi connectivity index (χ1n) is 15.0. The summed E-state index contributed by atoms with van der Waals surface area (Å²) in [6.45, 7) is 11.6. The Hall–Kier alpha value is -3.30. The molecule has 2 heterocycles. The average molecular weight is 593 g/mol. The van der Waals surface area contributed by atoms with Crippen molar-refractivity contribution < 1.29 is 18.8 Å². The molecule has 1 aliphatic heterocycles. The van der Waals surface area contributed by atoms with E-state index in [2.05, 4.69) is 58.5 Å².